The van der Waals surface area contributed by atoms with Crippen molar-refractivity contribution in [3.8, 4) is 5.69 Å². The molecule has 4 rings (SSSR count). The third kappa shape index (κ3) is 4.82. The Morgan fingerprint density at radius 3 is 2.39 bits per heavy atom. The Morgan fingerprint density at radius 1 is 1.03 bits per heavy atom. The molecule has 1 fully saturated rings. The van der Waals surface area contributed by atoms with Crippen LogP contribution in [0.4, 0.5) is 4.79 Å². The van der Waals surface area contributed by atoms with E-state index in [4.69, 9.17) is 23.2 Å². The number of thioether (sulfide) groups is 1. The minimum Gasteiger partial charge on any atom is -0.318 e. The van der Waals surface area contributed by atoms with Gasteiger partial charge in [0.1, 0.15) is 0 Å². The van der Waals surface area contributed by atoms with Crippen molar-refractivity contribution in [3.05, 3.63) is 90.5 Å². The number of aryl methyl sites for hydroxylation is 1. The van der Waals surface area contributed by atoms with Crippen LogP contribution in [0.15, 0.2) is 57.9 Å². The van der Waals surface area contributed by atoms with E-state index in [2.05, 4.69) is 15.9 Å². The van der Waals surface area contributed by atoms with Crippen LogP contribution >= 0.6 is 50.9 Å². The molecule has 3 aromatic rings. The molecule has 9 heteroatoms. The summed E-state index contributed by atoms with van der Waals surface area (Å²) in [6.45, 7) is 3.56. The summed E-state index contributed by atoms with van der Waals surface area (Å²) in [6, 6.07) is 14.1. The van der Waals surface area contributed by atoms with Gasteiger partial charge >= 0.3 is 0 Å². The summed E-state index contributed by atoms with van der Waals surface area (Å²) < 4.78 is 2.83. The van der Waals surface area contributed by atoms with Crippen molar-refractivity contribution in [2.45, 2.75) is 13.8 Å². The number of rotatable bonds is 5. The second-order valence-electron chi connectivity index (χ2n) is 7.46. The van der Waals surface area contributed by atoms with Crippen LogP contribution in [0, 0.1) is 13.8 Å². The van der Waals surface area contributed by atoms with E-state index in [1.54, 1.807) is 42.5 Å². The topological polar surface area (TPSA) is 59.4 Å². The number of imide groups is 1. The van der Waals surface area contributed by atoms with Crippen LogP contribution in [-0.2, 0) is 4.79 Å². The molecule has 0 saturated carbocycles. The molecule has 0 spiro atoms. The van der Waals surface area contributed by atoms with Crippen LogP contribution in [-0.4, -0.2) is 32.9 Å². The number of hydrogen-bond donors (Lipinski definition) is 0. The first-order valence-corrected chi connectivity index (χ1v) is 12.2. The predicted octanol–water partition coefficient (Wildman–Crippen LogP) is 7.08. The first kappa shape index (κ1) is 23.8. The van der Waals surface area contributed by atoms with E-state index in [-0.39, 0.29) is 17.2 Å². The van der Waals surface area contributed by atoms with Gasteiger partial charge in [0.2, 0.25) is 0 Å². The lowest BCUT2D eigenvalue weighted by Gasteiger charge is -2.11. The number of halogens is 3. The molecule has 2 heterocycles. The van der Waals surface area contributed by atoms with Crippen molar-refractivity contribution >= 4 is 73.9 Å². The molecular weight excluding hydrogens is 547 g/mol. The fourth-order valence-corrected chi connectivity index (χ4v) is 4.99. The maximum Gasteiger partial charge on any atom is 0.293 e. The van der Waals surface area contributed by atoms with Gasteiger partial charge in [-0.2, -0.15) is 0 Å². The average molecular weight is 564 g/mol. The fourth-order valence-electron chi connectivity index (χ4n) is 3.60. The quantitative estimate of drug-likeness (QED) is 0.246. The highest BCUT2D eigenvalue weighted by atomic mass is 79.9. The molecule has 5 nitrogen and oxygen atoms in total. The lowest BCUT2D eigenvalue weighted by Crippen LogP contribution is -2.33. The van der Waals surface area contributed by atoms with E-state index in [1.807, 2.05) is 30.5 Å². The molecule has 0 N–H and O–H groups in total. The number of ketones is 1. The lowest BCUT2D eigenvalue weighted by atomic mass is 10.1. The number of aromatic nitrogens is 1. The van der Waals surface area contributed by atoms with Crippen molar-refractivity contribution in [2.24, 2.45) is 0 Å². The molecule has 1 saturated heterocycles. The Morgan fingerprint density at radius 2 is 1.73 bits per heavy atom. The standard InChI is InChI=1S/C24H17BrCl2N2O3S/c1-13-9-16(14(2)29(13)18-7-8-19(26)20(27)11-18)10-22-23(31)28(24(32)33-22)12-21(30)15-3-5-17(25)6-4-15/h3-11H,12H2,1-2H3/b22-10-. The third-order valence-electron chi connectivity index (χ3n) is 5.26. The average Bonchev–Trinajstić information content (AvgIpc) is 3.20. The monoisotopic (exact) mass is 562 g/mol. The van der Waals surface area contributed by atoms with Crippen molar-refractivity contribution in [1.29, 1.82) is 0 Å². The molecule has 0 unspecified atom stereocenters. The summed E-state index contributed by atoms with van der Waals surface area (Å²) in [5, 5.41) is 0.448. The van der Waals surface area contributed by atoms with E-state index in [1.165, 1.54) is 0 Å². The molecule has 0 atom stereocenters. The molecule has 0 radical (unpaired) electrons. The Balaban J connectivity index is 1.59. The van der Waals surface area contributed by atoms with Crippen molar-refractivity contribution in [2.75, 3.05) is 6.54 Å². The van der Waals surface area contributed by atoms with Crippen molar-refractivity contribution in [3.63, 3.8) is 0 Å². The van der Waals surface area contributed by atoms with Gasteiger partial charge in [0.05, 0.1) is 21.5 Å². The van der Waals surface area contributed by atoms with Gasteiger partial charge in [-0.15, -0.1) is 0 Å². The summed E-state index contributed by atoms with van der Waals surface area (Å²) >= 11 is 16.4. The second kappa shape index (κ2) is 9.50. The van der Waals surface area contributed by atoms with Gasteiger partial charge < -0.3 is 4.57 Å². The number of benzene rings is 2. The summed E-state index contributed by atoms with van der Waals surface area (Å²) in [5.41, 5.74) is 3.88. The van der Waals surface area contributed by atoms with E-state index < -0.39 is 11.1 Å². The molecule has 168 valence electrons. The Labute approximate surface area is 213 Å². The molecule has 1 aromatic heterocycles. The number of amides is 2. The van der Waals surface area contributed by atoms with Crippen LogP contribution in [0.1, 0.15) is 27.3 Å². The van der Waals surface area contributed by atoms with Gasteiger partial charge in [-0.25, -0.2) is 0 Å². The molecule has 1 aliphatic heterocycles. The number of carbonyl (C=O) groups is 3. The first-order chi connectivity index (χ1) is 15.7. The Bertz CT molecular complexity index is 1330. The van der Waals surface area contributed by atoms with Crippen LogP contribution in [0.25, 0.3) is 11.8 Å². The van der Waals surface area contributed by atoms with E-state index in [9.17, 15) is 14.4 Å². The van der Waals surface area contributed by atoms with Crippen LogP contribution < -0.4 is 0 Å². The normalized spacial score (nSPS) is 15.1. The molecular formula is C24H17BrCl2N2O3S. The maximum atomic E-state index is 12.9. The van der Waals surface area contributed by atoms with Crippen molar-refractivity contribution < 1.29 is 14.4 Å². The van der Waals surface area contributed by atoms with Gasteiger partial charge in [0, 0.05) is 27.1 Å². The predicted molar refractivity (Wildman–Crippen MR) is 136 cm³/mol. The summed E-state index contributed by atoms with van der Waals surface area (Å²) in [4.78, 5) is 39.2. The lowest BCUT2D eigenvalue weighted by molar-refractivity contribution is -0.122. The van der Waals surface area contributed by atoms with Crippen molar-refractivity contribution in [1.82, 2.24) is 9.47 Å². The first-order valence-electron chi connectivity index (χ1n) is 9.84. The number of carbonyl (C=O) groups excluding carboxylic acids is 3. The number of nitrogens with zero attached hydrogens (tertiary/aromatic N) is 2. The molecule has 0 aliphatic carbocycles. The highest BCUT2D eigenvalue weighted by Crippen LogP contribution is 2.34. The SMILES string of the molecule is Cc1cc(/C=C2\SC(=O)N(CC(=O)c3ccc(Br)cc3)C2=O)c(C)n1-c1ccc(Cl)c(Cl)c1. The summed E-state index contributed by atoms with van der Waals surface area (Å²) in [7, 11) is 0. The number of Topliss-reactive ketones (excluding diaryl/α,β-unsaturated/α-hetero) is 1. The van der Waals surface area contributed by atoms with Crippen LogP contribution in [0.3, 0.4) is 0 Å². The fraction of sp³-hybridized carbons (Fsp3) is 0.125. The molecule has 1 aliphatic rings. The van der Waals surface area contributed by atoms with Gasteiger partial charge in [-0.1, -0.05) is 51.3 Å². The van der Waals surface area contributed by atoms with E-state index in [0.29, 0.717) is 15.6 Å². The Hall–Kier alpha value is -2.32. The van der Waals surface area contributed by atoms with Crippen LogP contribution in [0.2, 0.25) is 10.0 Å². The molecule has 0 bridgehead atoms. The Kier molecular flexibility index (Phi) is 6.86. The van der Waals surface area contributed by atoms with Gasteiger partial charge in [-0.05, 0) is 73.6 Å². The van der Waals surface area contributed by atoms with Gasteiger partial charge in [0.15, 0.2) is 5.78 Å². The smallest absolute Gasteiger partial charge is 0.293 e. The minimum atomic E-state index is -0.477. The second-order valence-corrected chi connectivity index (χ2v) is 10.2. The maximum absolute atomic E-state index is 12.9. The zero-order valence-electron chi connectivity index (χ0n) is 17.6. The zero-order chi connectivity index (χ0) is 23.9. The van der Waals surface area contributed by atoms with Gasteiger partial charge in [-0.3, -0.25) is 19.3 Å². The highest BCUT2D eigenvalue weighted by molar-refractivity contribution is 9.10. The molecule has 2 amide bonds. The summed E-state index contributed by atoms with van der Waals surface area (Å²) in [5.74, 6) is -0.779. The zero-order valence-corrected chi connectivity index (χ0v) is 21.5. The minimum absolute atomic E-state index is 0.276. The van der Waals surface area contributed by atoms with Crippen LogP contribution in [0.5, 0.6) is 0 Å². The molecule has 33 heavy (non-hydrogen) atoms. The summed E-state index contributed by atoms with van der Waals surface area (Å²) in [6.07, 6.45) is 1.69. The van der Waals surface area contributed by atoms with E-state index >= 15 is 0 Å². The van der Waals surface area contributed by atoms with Gasteiger partial charge in [0.25, 0.3) is 11.1 Å². The largest absolute Gasteiger partial charge is 0.318 e. The molecule has 2 aromatic carbocycles. The van der Waals surface area contributed by atoms with E-state index in [0.717, 1.165) is 43.8 Å². The highest BCUT2D eigenvalue weighted by Gasteiger charge is 2.36. The third-order valence-corrected chi connectivity index (χ3v) is 7.43. The number of hydrogen-bond acceptors (Lipinski definition) is 4.